The molecular formula is C12H22Cl2N4O3S. The summed E-state index contributed by atoms with van der Waals surface area (Å²) >= 11 is 0. The molecule has 0 aliphatic rings. The van der Waals surface area contributed by atoms with E-state index in [1.165, 1.54) is 25.5 Å². The Hall–Kier alpha value is -0.930. The van der Waals surface area contributed by atoms with Gasteiger partial charge in [-0.05, 0) is 32.1 Å². The molecule has 1 amide bonds. The maximum absolute atomic E-state index is 12.1. The number of carbonyl (C=O) groups excluding carboxylic acids is 1. The van der Waals surface area contributed by atoms with Gasteiger partial charge in [-0.15, -0.1) is 24.8 Å². The molecule has 0 aliphatic carbocycles. The number of halogens is 2. The van der Waals surface area contributed by atoms with Crippen molar-refractivity contribution >= 4 is 40.7 Å². The summed E-state index contributed by atoms with van der Waals surface area (Å²) in [6, 6.07) is 2.99. The van der Waals surface area contributed by atoms with Crippen LogP contribution in [0.1, 0.15) is 6.42 Å². The Morgan fingerprint density at radius 1 is 1.32 bits per heavy atom. The molecule has 1 aromatic rings. The van der Waals surface area contributed by atoms with Gasteiger partial charge in [0, 0.05) is 26.0 Å². The minimum absolute atomic E-state index is 0. The predicted molar refractivity (Wildman–Crippen MR) is 90.1 cm³/mol. The lowest BCUT2D eigenvalue weighted by atomic mass is 10.4. The monoisotopic (exact) mass is 372 g/mol. The van der Waals surface area contributed by atoms with Crippen LogP contribution < -0.4 is 10.6 Å². The number of rotatable bonds is 8. The van der Waals surface area contributed by atoms with Crippen LogP contribution in [0.2, 0.25) is 0 Å². The van der Waals surface area contributed by atoms with Crippen molar-refractivity contribution in [1.82, 2.24) is 19.9 Å². The van der Waals surface area contributed by atoms with Crippen LogP contribution in [0, 0.1) is 0 Å². The lowest BCUT2D eigenvalue weighted by molar-refractivity contribution is -0.121. The van der Waals surface area contributed by atoms with Gasteiger partial charge >= 0.3 is 0 Å². The van der Waals surface area contributed by atoms with Crippen LogP contribution in [0.4, 0.5) is 0 Å². The molecule has 7 nitrogen and oxygen atoms in total. The highest BCUT2D eigenvalue weighted by Crippen LogP contribution is 2.11. The van der Waals surface area contributed by atoms with E-state index in [0.29, 0.717) is 6.54 Å². The predicted octanol–water partition coefficient (Wildman–Crippen LogP) is 0.271. The van der Waals surface area contributed by atoms with Crippen molar-refractivity contribution in [2.75, 3.05) is 33.7 Å². The van der Waals surface area contributed by atoms with Crippen molar-refractivity contribution in [1.29, 1.82) is 0 Å². The minimum atomic E-state index is -3.67. The molecule has 128 valence electrons. The zero-order chi connectivity index (χ0) is 15.0. The second-order valence-corrected chi connectivity index (χ2v) is 6.30. The first kappa shape index (κ1) is 23.3. The molecule has 0 fully saturated rings. The summed E-state index contributed by atoms with van der Waals surface area (Å²) < 4.78 is 25.3. The SMILES string of the molecule is CNCCCNC(=O)CN(C)S(=O)(=O)c1cccnc1.Cl.Cl. The summed E-state index contributed by atoms with van der Waals surface area (Å²) in [7, 11) is -0.472. The molecule has 0 radical (unpaired) electrons. The number of likely N-dealkylation sites (N-methyl/N-ethyl adjacent to an activating group) is 1. The summed E-state index contributed by atoms with van der Waals surface area (Å²) in [6.45, 7) is 1.10. The molecule has 1 rings (SSSR count). The maximum atomic E-state index is 12.1. The van der Waals surface area contributed by atoms with Crippen LogP contribution in [0.25, 0.3) is 0 Å². The summed E-state index contributed by atoms with van der Waals surface area (Å²) in [5, 5.41) is 5.63. The van der Waals surface area contributed by atoms with Gasteiger partial charge in [0.1, 0.15) is 4.90 Å². The van der Waals surface area contributed by atoms with Gasteiger partial charge in [-0.25, -0.2) is 8.42 Å². The smallest absolute Gasteiger partial charge is 0.244 e. The average Bonchev–Trinajstić information content (AvgIpc) is 2.44. The number of nitrogens with one attached hydrogen (secondary N) is 2. The molecule has 0 saturated heterocycles. The minimum Gasteiger partial charge on any atom is -0.355 e. The second-order valence-electron chi connectivity index (χ2n) is 4.26. The first-order valence-corrected chi connectivity index (χ1v) is 7.70. The van der Waals surface area contributed by atoms with Gasteiger partial charge in [-0.2, -0.15) is 4.31 Å². The van der Waals surface area contributed by atoms with E-state index in [4.69, 9.17) is 0 Å². The third-order valence-corrected chi connectivity index (χ3v) is 4.42. The van der Waals surface area contributed by atoms with Gasteiger partial charge in [0.2, 0.25) is 15.9 Å². The van der Waals surface area contributed by atoms with Gasteiger partial charge in [-0.3, -0.25) is 9.78 Å². The van der Waals surface area contributed by atoms with Crippen LogP contribution in [-0.2, 0) is 14.8 Å². The van der Waals surface area contributed by atoms with Gasteiger partial charge < -0.3 is 10.6 Å². The quantitative estimate of drug-likeness (QED) is 0.639. The largest absolute Gasteiger partial charge is 0.355 e. The summed E-state index contributed by atoms with van der Waals surface area (Å²) in [6.07, 6.45) is 3.55. The standard InChI is InChI=1S/C12H20N4O3S.2ClH/c1-13-6-4-8-15-12(17)10-16(2)20(18,19)11-5-3-7-14-9-11;;/h3,5,7,9,13H,4,6,8,10H2,1-2H3,(H,15,17);2*1H. The fourth-order valence-corrected chi connectivity index (χ4v) is 2.61. The van der Waals surface area contributed by atoms with Crippen molar-refractivity contribution in [3.05, 3.63) is 24.5 Å². The van der Waals surface area contributed by atoms with Crippen LogP contribution in [0.15, 0.2) is 29.4 Å². The second kappa shape index (κ2) is 11.6. The van der Waals surface area contributed by atoms with E-state index in [1.807, 2.05) is 7.05 Å². The normalized spacial score (nSPS) is 10.5. The van der Waals surface area contributed by atoms with Crippen LogP contribution in [0.5, 0.6) is 0 Å². The molecule has 0 spiro atoms. The molecule has 22 heavy (non-hydrogen) atoms. The van der Waals surface area contributed by atoms with E-state index >= 15 is 0 Å². The molecule has 0 bridgehead atoms. The fraction of sp³-hybridized carbons (Fsp3) is 0.500. The van der Waals surface area contributed by atoms with Gasteiger partial charge in [0.25, 0.3) is 0 Å². The number of amides is 1. The Balaban J connectivity index is 0. The molecular weight excluding hydrogens is 351 g/mol. The third-order valence-electron chi connectivity index (χ3n) is 2.63. The van der Waals surface area contributed by atoms with Gasteiger partial charge in [-0.1, -0.05) is 0 Å². The van der Waals surface area contributed by atoms with Crippen molar-refractivity contribution < 1.29 is 13.2 Å². The summed E-state index contributed by atoms with van der Waals surface area (Å²) in [5.74, 6) is -0.323. The number of pyridine rings is 1. The zero-order valence-electron chi connectivity index (χ0n) is 12.5. The molecule has 0 aliphatic heterocycles. The molecule has 1 aromatic heterocycles. The van der Waals surface area contributed by atoms with Crippen molar-refractivity contribution in [3.8, 4) is 0 Å². The molecule has 2 N–H and O–H groups in total. The Morgan fingerprint density at radius 2 is 2.00 bits per heavy atom. The lowest BCUT2D eigenvalue weighted by Gasteiger charge is -2.16. The Labute approximate surface area is 143 Å². The highest BCUT2D eigenvalue weighted by molar-refractivity contribution is 7.89. The molecule has 0 aromatic carbocycles. The molecule has 10 heteroatoms. The van der Waals surface area contributed by atoms with Crippen molar-refractivity contribution in [2.45, 2.75) is 11.3 Å². The van der Waals surface area contributed by atoms with E-state index in [-0.39, 0.29) is 42.2 Å². The molecule has 0 unspecified atom stereocenters. The number of hydrogen-bond donors (Lipinski definition) is 2. The molecule has 0 saturated carbocycles. The number of carbonyl (C=O) groups is 1. The van der Waals surface area contributed by atoms with Crippen LogP contribution in [-0.4, -0.2) is 57.3 Å². The van der Waals surface area contributed by atoms with E-state index < -0.39 is 10.0 Å². The first-order chi connectivity index (χ1) is 9.48. The zero-order valence-corrected chi connectivity index (χ0v) is 14.9. The fourth-order valence-electron chi connectivity index (χ4n) is 1.52. The van der Waals surface area contributed by atoms with Crippen molar-refractivity contribution in [2.24, 2.45) is 0 Å². The summed E-state index contributed by atoms with van der Waals surface area (Å²) in [5.41, 5.74) is 0. The molecule has 0 atom stereocenters. The van der Waals surface area contributed by atoms with E-state index in [0.717, 1.165) is 17.3 Å². The highest BCUT2D eigenvalue weighted by Gasteiger charge is 2.22. The van der Waals surface area contributed by atoms with Crippen LogP contribution >= 0.6 is 24.8 Å². The van der Waals surface area contributed by atoms with E-state index in [9.17, 15) is 13.2 Å². The van der Waals surface area contributed by atoms with Gasteiger partial charge in [0.15, 0.2) is 0 Å². The average molecular weight is 373 g/mol. The third kappa shape index (κ3) is 7.37. The summed E-state index contributed by atoms with van der Waals surface area (Å²) in [4.78, 5) is 15.5. The van der Waals surface area contributed by atoms with Crippen LogP contribution in [0.3, 0.4) is 0 Å². The van der Waals surface area contributed by atoms with E-state index in [2.05, 4.69) is 15.6 Å². The van der Waals surface area contributed by atoms with Crippen molar-refractivity contribution in [3.63, 3.8) is 0 Å². The topological polar surface area (TPSA) is 91.4 Å². The first-order valence-electron chi connectivity index (χ1n) is 6.26. The molecule has 1 heterocycles. The number of sulfonamides is 1. The number of nitrogens with zero attached hydrogens (tertiary/aromatic N) is 2. The number of aromatic nitrogens is 1. The Kier molecular flexibility index (Phi) is 12.3. The van der Waals surface area contributed by atoms with Gasteiger partial charge in [0.05, 0.1) is 6.54 Å². The Bertz CT molecular complexity index is 528. The number of hydrogen-bond acceptors (Lipinski definition) is 5. The lowest BCUT2D eigenvalue weighted by Crippen LogP contribution is -2.39. The highest BCUT2D eigenvalue weighted by atomic mass is 35.5. The Morgan fingerprint density at radius 3 is 2.55 bits per heavy atom. The maximum Gasteiger partial charge on any atom is 0.244 e. The van der Waals surface area contributed by atoms with E-state index in [1.54, 1.807) is 6.07 Å².